The van der Waals surface area contributed by atoms with E-state index in [9.17, 15) is 17.6 Å². The highest BCUT2D eigenvalue weighted by atomic mass is 32.2. The van der Waals surface area contributed by atoms with Gasteiger partial charge in [-0.3, -0.25) is 9.10 Å². The summed E-state index contributed by atoms with van der Waals surface area (Å²) in [4.78, 5) is 12.3. The predicted octanol–water partition coefficient (Wildman–Crippen LogP) is 4.13. The molecule has 0 saturated carbocycles. The van der Waals surface area contributed by atoms with E-state index in [2.05, 4.69) is 5.32 Å². The van der Waals surface area contributed by atoms with Crippen LogP contribution in [0.5, 0.6) is 11.5 Å². The lowest BCUT2D eigenvalue weighted by molar-refractivity contribution is -0.119. The maximum atomic E-state index is 12.9. The number of carbonyl (C=O) groups is 1. The Labute approximate surface area is 187 Å². The van der Waals surface area contributed by atoms with Gasteiger partial charge in [-0.1, -0.05) is 30.3 Å². The summed E-state index contributed by atoms with van der Waals surface area (Å²) in [6.45, 7) is 0.0614. The molecule has 0 saturated heterocycles. The molecule has 0 fully saturated rings. The Bertz CT molecular complexity index is 1120. The number of hydrogen-bond donors (Lipinski definition) is 1. The minimum Gasteiger partial charge on any atom is -0.457 e. The molecule has 0 atom stereocenters. The molecule has 0 spiro atoms. The van der Waals surface area contributed by atoms with Crippen LogP contribution in [-0.4, -0.2) is 33.7 Å². The number of anilines is 1. The van der Waals surface area contributed by atoms with E-state index in [1.54, 1.807) is 36.4 Å². The molecule has 0 unspecified atom stereocenters. The van der Waals surface area contributed by atoms with Gasteiger partial charge in [0.25, 0.3) is 0 Å². The summed E-state index contributed by atoms with van der Waals surface area (Å²) < 4.78 is 44.3. The van der Waals surface area contributed by atoms with Crippen LogP contribution in [0.2, 0.25) is 0 Å². The number of ether oxygens (including phenoxy) is 1. The van der Waals surface area contributed by atoms with Crippen LogP contribution in [0.4, 0.5) is 10.1 Å². The molecule has 1 N–H and O–H groups in total. The summed E-state index contributed by atoms with van der Waals surface area (Å²) in [6.07, 6.45) is 2.39. The number of sulfonamides is 1. The fourth-order valence-corrected chi connectivity index (χ4v) is 3.92. The topological polar surface area (TPSA) is 75.7 Å². The minimum absolute atomic E-state index is 0.289. The number of carbonyl (C=O) groups excluding carboxylic acids is 1. The third-order valence-corrected chi connectivity index (χ3v) is 5.81. The second-order valence-electron chi connectivity index (χ2n) is 7.26. The van der Waals surface area contributed by atoms with E-state index in [1.807, 2.05) is 30.3 Å². The number of rotatable bonds is 10. The van der Waals surface area contributed by atoms with E-state index in [1.165, 1.54) is 12.1 Å². The van der Waals surface area contributed by atoms with E-state index < -0.39 is 15.9 Å². The Morgan fingerprint density at radius 3 is 2.19 bits per heavy atom. The summed E-state index contributed by atoms with van der Waals surface area (Å²) in [5.74, 6) is 0.528. The molecule has 0 aliphatic heterocycles. The zero-order chi connectivity index (χ0) is 23.0. The van der Waals surface area contributed by atoms with Gasteiger partial charge >= 0.3 is 0 Å². The van der Waals surface area contributed by atoms with Crippen molar-refractivity contribution in [2.75, 3.05) is 23.7 Å². The Morgan fingerprint density at radius 1 is 0.938 bits per heavy atom. The summed E-state index contributed by atoms with van der Waals surface area (Å²) in [5, 5.41) is 2.74. The molecule has 168 valence electrons. The van der Waals surface area contributed by atoms with Crippen molar-refractivity contribution in [3.63, 3.8) is 0 Å². The zero-order valence-electron chi connectivity index (χ0n) is 17.7. The third-order valence-electron chi connectivity index (χ3n) is 4.67. The summed E-state index contributed by atoms with van der Waals surface area (Å²) in [7, 11) is -3.67. The van der Waals surface area contributed by atoms with Crippen LogP contribution in [0.1, 0.15) is 12.0 Å². The highest BCUT2D eigenvalue weighted by Crippen LogP contribution is 2.25. The van der Waals surface area contributed by atoms with Crippen molar-refractivity contribution in [1.29, 1.82) is 0 Å². The molecule has 0 radical (unpaired) electrons. The molecule has 6 nitrogen and oxygen atoms in total. The molecular weight excluding hydrogens is 431 g/mol. The van der Waals surface area contributed by atoms with Crippen molar-refractivity contribution < 1.29 is 22.3 Å². The summed E-state index contributed by atoms with van der Waals surface area (Å²) >= 11 is 0. The Kier molecular flexibility index (Phi) is 7.83. The van der Waals surface area contributed by atoms with Crippen molar-refractivity contribution in [1.82, 2.24) is 5.32 Å². The molecule has 32 heavy (non-hydrogen) atoms. The van der Waals surface area contributed by atoms with Crippen LogP contribution in [0.25, 0.3) is 0 Å². The fraction of sp³-hybridized carbons (Fsp3) is 0.208. The Balaban J connectivity index is 1.55. The number of para-hydroxylation sites is 1. The van der Waals surface area contributed by atoms with Crippen LogP contribution in [0.3, 0.4) is 0 Å². The van der Waals surface area contributed by atoms with Gasteiger partial charge in [-0.25, -0.2) is 12.8 Å². The molecule has 3 rings (SSSR count). The predicted molar refractivity (Wildman–Crippen MR) is 123 cm³/mol. The first kappa shape index (κ1) is 23.3. The Morgan fingerprint density at radius 2 is 1.56 bits per heavy atom. The molecule has 8 heteroatoms. The SMILES string of the molecule is CS(=O)(=O)N(CC(=O)NCCCc1ccc(F)cc1)c1ccc(Oc2ccccc2)cc1. The van der Waals surface area contributed by atoms with Crippen molar-refractivity contribution in [3.05, 3.63) is 90.2 Å². The highest BCUT2D eigenvalue weighted by molar-refractivity contribution is 7.92. The lowest BCUT2D eigenvalue weighted by atomic mass is 10.1. The van der Waals surface area contributed by atoms with Crippen LogP contribution < -0.4 is 14.4 Å². The molecular formula is C24H25FN2O4S. The van der Waals surface area contributed by atoms with Crippen LogP contribution in [0, 0.1) is 5.82 Å². The first-order valence-corrected chi connectivity index (χ1v) is 12.0. The number of aryl methyl sites for hydroxylation is 1. The third kappa shape index (κ3) is 7.09. The monoisotopic (exact) mass is 456 g/mol. The van der Waals surface area contributed by atoms with Crippen LogP contribution >= 0.6 is 0 Å². The second-order valence-corrected chi connectivity index (χ2v) is 9.17. The number of benzene rings is 3. The average molecular weight is 457 g/mol. The summed E-state index contributed by atoms with van der Waals surface area (Å²) in [5.41, 5.74) is 1.34. The molecule has 0 aromatic heterocycles. The van der Waals surface area contributed by atoms with Gasteiger partial charge in [0.05, 0.1) is 11.9 Å². The van der Waals surface area contributed by atoms with Crippen LogP contribution in [-0.2, 0) is 21.2 Å². The zero-order valence-corrected chi connectivity index (χ0v) is 18.5. The van der Waals surface area contributed by atoms with Crippen LogP contribution in [0.15, 0.2) is 78.9 Å². The Hall–Kier alpha value is -3.39. The molecule has 0 bridgehead atoms. The van der Waals surface area contributed by atoms with E-state index in [0.717, 1.165) is 16.1 Å². The van der Waals surface area contributed by atoms with Gasteiger partial charge in [-0.2, -0.15) is 0 Å². The number of amides is 1. The first-order chi connectivity index (χ1) is 15.3. The number of halogens is 1. The van der Waals surface area contributed by atoms with Gasteiger partial charge in [0.2, 0.25) is 15.9 Å². The maximum Gasteiger partial charge on any atom is 0.240 e. The van der Waals surface area contributed by atoms with E-state index in [4.69, 9.17) is 4.74 Å². The van der Waals surface area contributed by atoms with Gasteiger partial charge in [-0.15, -0.1) is 0 Å². The molecule has 0 heterocycles. The van der Waals surface area contributed by atoms with Crippen molar-refractivity contribution in [2.45, 2.75) is 12.8 Å². The fourth-order valence-electron chi connectivity index (χ4n) is 3.06. The maximum absolute atomic E-state index is 12.9. The van der Waals surface area contributed by atoms with Gasteiger partial charge in [0.15, 0.2) is 0 Å². The number of hydrogen-bond acceptors (Lipinski definition) is 4. The van der Waals surface area contributed by atoms with Gasteiger partial charge in [0, 0.05) is 6.54 Å². The van der Waals surface area contributed by atoms with Gasteiger partial charge in [0.1, 0.15) is 23.9 Å². The van der Waals surface area contributed by atoms with E-state index in [-0.39, 0.29) is 12.4 Å². The van der Waals surface area contributed by atoms with Crippen molar-refractivity contribution in [2.24, 2.45) is 0 Å². The summed E-state index contributed by atoms with van der Waals surface area (Å²) in [6, 6.07) is 21.9. The lowest BCUT2D eigenvalue weighted by Gasteiger charge is -2.22. The molecule has 1 amide bonds. The molecule has 3 aromatic rings. The largest absolute Gasteiger partial charge is 0.457 e. The standard InChI is InChI=1S/C24H25FN2O4S/c1-32(29,30)27(18-24(28)26-17-5-6-19-9-11-20(25)12-10-19)21-13-15-23(16-14-21)31-22-7-3-2-4-8-22/h2-4,7-16H,5-6,17-18H2,1H3,(H,26,28). The number of nitrogens with zero attached hydrogens (tertiary/aromatic N) is 1. The van der Waals surface area contributed by atoms with Gasteiger partial charge < -0.3 is 10.1 Å². The van der Waals surface area contributed by atoms with Crippen molar-refractivity contribution >= 4 is 21.6 Å². The molecule has 3 aromatic carbocycles. The molecule has 0 aliphatic rings. The highest BCUT2D eigenvalue weighted by Gasteiger charge is 2.20. The lowest BCUT2D eigenvalue weighted by Crippen LogP contribution is -2.40. The molecule has 0 aliphatic carbocycles. The minimum atomic E-state index is -3.67. The second kappa shape index (κ2) is 10.8. The smallest absolute Gasteiger partial charge is 0.240 e. The quantitative estimate of drug-likeness (QED) is 0.466. The van der Waals surface area contributed by atoms with E-state index in [0.29, 0.717) is 36.6 Å². The van der Waals surface area contributed by atoms with Crippen molar-refractivity contribution in [3.8, 4) is 11.5 Å². The average Bonchev–Trinajstić information content (AvgIpc) is 2.77. The number of nitrogens with one attached hydrogen (secondary N) is 1. The first-order valence-electron chi connectivity index (χ1n) is 10.1. The van der Waals surface area contributed by atoms with E-state index >= 15 is 0 Å². The van der Waals surface area contributed by atoms with Gasteiger partial charge in [-0.05, 0) is 66.9 Å². The normalized spacial score (nSPS) is 11.1.